The van der Waals surface area contributed by atoms with Crippen LogP contribution in [0.2, 0.25) is 0 Å². The van der Waals surface area contributed by atoms with Crippen LogP contribution in [0.25, 0.3) is 0 Å². The van der Waals surface area contributed by atoms with E-state index < -0.39 is 6.10 Å². The quantitative estimate of drug-likeness (QED) is 0.875. The number of hydrogen-bond acceptors (Lipinski definition) is 5. The fourth-order valence-electron chi connectivity index (χ4n) is 2.79. The van der Waals surface area contributed by atoms with E-state index in [2.05, 4.69) is 10.3 Å². The number of nitrogens with one attached hydrogen (secondary N) is 1. The second-order valence-electron chi connectivity index (χ2n) is 5.81. The molecule has 2 amide bonds. The standard InChI is InChI=1S/C17H19N3O4/c1-11-15(18-10-24-11)17(23)20-8-7-13(14(21)9-20)19-16(22)12-5-3-2-4-6-12/h2-6,10,13-14,21H,7-9H2,1H3,(H,19,22)/t13-,14-/m1/s1. The number of piperidine rings is 1. The predicted molar refractivity (Wildman–Crippen MR) is 85.5 cm³/mol. The molecule has 0 aliphatic carbocycles. The molecule has 1 fully saturated rings. The summed E-state index contributed by atoms with van der Waals surface area (Å²) < 4.78 is 5.05. The number of β-amino-alcohol motifs (C(OH)–C–C–N with tert-alkyl or cyclic N) is 1. The number of oxazole rings is 1. The third kappa shape index (κ3) is 3.30. The Kier molecular flexibility index (Phi) is 4.61. The van der Waals surface area contributed by atoms with Gasteiger partial charge in [-0.2, -0.15) is 0 Å². The molecule has 24 heavy (non-hydrogen) atoms. The van der Waals surface area contributed by atoms with Crippen LogP contribution < -0.4 is 5.32 Å². The summed E-state index contributed by atoms with van der Waals surface area (Å²) >= 11 is 0. The van der Waals surface area contributed by atoms with Crippen LogP contribution in [0.1, 0.15) is 33.0 Å². The summed E-state index contributed by atoms with van der Waals surface area (Å²) in [6.45, 7) is 2.25. The van der Waals surface area contributed by atoms with Gasteiger partial charge in [-0.05, 0) is 25.5 Å². The molecule has 0 unspecified atom stereocenters. The summed E-state index contributed by atoms with van der Waals surface area (Å²) in [4.78, 5) is 30.0. The molecule has 2 N–H and O–H groups in total. The molecule has 0 saturated carbocycles. The van der Waals surface area contributed by atoms with Crippen molar-refractivity contribution < 1.29 is 19.1 Å². The lowest BCUT2D eigenvalue weighted by Gasteiger charge is -2.36. The highest BCUT2D eigenvalue weighted by Crippen LogP contribution is 2.16. The number of likely N-dealkylation sites (tertiary alicyclic amines) is 1. The highest BCUT2D eigenvalue weighted by Gasteiger charge is 2.33. The number of carbonyl (C=O) groups is 2. The minimum atomic E-state index is -0.831. The lowest BCUT2D eigenvalue weighted by molar-refractivity contribution is 0.0310. The van der Waals surface area contributed by atoms with Gasteiger partial charge in [-0.1, -0.05) is 18.2 Å². The highest BCUT2D eigenvalue weighted by molar-refractivity contribution is 5.94. The maximum Gasteiger partial charge on any atom is 0.276 e. The van der Waals surface area contributed by atoms with E-state index >= 15 is 0 Å². The van der Waals surface area contributed by atoms with Crippen LogP contribution in [0.4, 0.5) is 0 Å². The van der Waals surface area contributed by atoms with E-state index in [9.17, 15) is 14.7 Å². The first-order valence-corrected chi connectivity index (χ1v) is 7.79. The fraction of sp³-hybridized carbons (Fsp3) is 0.353. The second-order valence-corrected chi connectivity index (χ2v) is 5.81. The van der Waals surface area contributed by atoms with Crippen molar-refractivity contribution in [1.29, 1.82) is 0 Å². The Balaban J connectivity index is 1.60. The highest BCUT2D eigenvalue weighted by atomic mass is 16.3. The first-order valence-electron chi connectivity index (χ1n) is 7.79. The second kappa shape index (κ2) is 6.84. The number of aromatic nitrogens is 1. The van der Waals surface area contributed by atoms with Crippen molar-refractivity contribution in [3.8, 4) is 0 Å². The van der Waals surface area contributed by atoms with Crippen molar-refractivity contribution in [2.24, 2.45) is 0 Å². The number of nitrogens with zero attached hydrogens (tertiary/aromatic N) is 2. The smallest absolute Gasteiger partial charge is 0.276 e. The van der Waals surface area contributed by atoms with Gasteiger partial charge >= 0.3 is 0 Å². The molecule has 7 nitrogen and oxygen atoms in total. The largest absolute Gasteiger partial charge is 0.448 e. The van der Waals surface area contributed by atoms with Gasteiger partial charge in [0.15, 0.2) is 12.1 Å². The zero-order chi connectivity index (χ0) is 17.1. The van der Waals surface area contributed by atoms with Crippen LogP contribution in [0.5, 0.6) is 0 Å². The molecular weight excluding hydrogens is 310 g/mol. The van der Waals surface area contributed by atoms with Crippen LogP contribution in [-0.2, 0) is 0 Å². The van der Waals surface area contributed by atoms with Gasteiger partial charge in [-0.15, -0.1) is 0 Å². The van der Waals surface area contributed by atoms with Crippen LogP contribution >= 0.6 is 0 Å². The summed E-state index contributed by atoms with van der Waals surface area (Å²) in [5, 5.41) is 13.1. The Morgan fingerprint density at radius 3 is 2.71 bits per heavy atom. The molecule has 1 aliphatic rings. The van der Waals surface area contributed by atoms with Crippen molar-refractivity contribution in [2.45, 2.75) is 25.5 Å². The molecule has 1 saturated heterocycles. The molecule has 126 valence electrons. The van der Waals surface area contributed by atoms with E-state index in [0.29, 0.717) is 24.3 Å². The first kappa shape index (κ1) is 16.2. The van der Waals surface area contributed by atoms with Gasteiger partial charge < -0.3 is 19.7 Å². The minimum Gasteiger partial charge on any atom is -0.448 e. The third-order valence-corrected chi connectivity index (χ3v) is 4.17. The van der Waals surface area contributed by atoms with E-state index in [-0.39, 0.29) is 30.1 Å². The summed E-state index contributed by atoms with van der Waals surface area (Å²) in [5.74, 6) is -0.0473. The molecule has 0 bridgehead atoms. The summed E-state index contributed by atoms with van der Waals surface area (Å²) in [5.41, 5.74) is 0.801. The van der Waals surface area contributed by atoms with Crippen molar-refractivity contribution in [1.82, 2.24) is 15.2 Å². The SMILES string of the molecule is Cc1ocnc1C(=O)N1CC[C@@H](NC(=O)c2ccccc2)[C@H](O)C1. The number of carbonyl (C=O) groups excluding carboxylic acids is 2. The third-order valence-electron chi connectivity index (χ3n) is 4.17. The van der Waals surface area contributed by atoms with Crippen molar-refractivity contribution >= 4 is 11.8 Å². The van der Waals surface area contributed by atoms with E-state index in [0.717, 1.165) is 0 Å². The molecule has 0 radical (unpaired) electrons. The molecule has 2 atom stereocenters. The molecule has 7 heteroatoms. The monoisotopic (exact) mass is 329 g/mol. The molecule has 1 aliphatic heterocycles. The maximum atomic E-state index is 12.4. The van der Waals surface area contributed by atoms with Gasteiger partial charge in [0.05, 0.1) is 12.1 Å². The van der Waals surface area contributed by atoms with E-state index in [1.807, 2.05) is 6.07 Å². The molecule has 3 rings (SSSR count). The Labute approximate surface area is 139 Å². The average Bonchev–Trinajstić information content (AvgIpc) is 3.02. The number of rotatable bonds is 3. The Morgan fingerprint density at radius 2 is 2.08 bits per heavy atom. The van der Waals surface area contributed by atoms with Gasteiger partial charge in [0.1, 0.15) is 5.76 Å². The topological polar surface area (TPSA) is 95.7 Å². The molecular formula is C17H19N3O4. The van der Waals surface area contributed by atoms with Gasteiger partial charge in [0.25, 0.3) is 11.8 Å². The molecule has 1 aromatic heterocycles. The van der Waals surface area contributed by atoms with E-state index in [4.69, 9.17) is 4.42 Å². The number of aliphatic hydroxyl groups is 1. The molecule has 0 spiro atoms. The van der Waals surface area contributed by atoms with Gasteiger partial charge in [-0.25, -0.2) is 4.98 Å². The predicted octanol–water partition coefficient (Wildman–Crippen LogP) is 0.988. The fourth-order valence-corrected chi connectivity index (χ4v) is 2.79. The van der Waals surface area contributed by atoms with Crippen molar-refractivity contribution in [3.05, 3.63) is 53.7 Å². The Bertz CT molecular complexity index is 728. The zero-order valence-electron chi connectivity index (χ0n) is 13.3. The average molecular weight is 329 g/mol. The van der Waals surface area contributed by atoms with Crippen LogP contribution in [0.3, 0.4) is 0 Å². The molecule has 2 aromatic rings. The Hall–Kier alpha value is -2.67. The maximum absolute atomic E-state index is 12.4. The number of aryl methyl sites for hydroxylation is 1. The van der Waals surface area contributed by atoms with Crippen LogP contribution in [0.15, 0.2) is 41.1 Å². The number of hydrogen-bond donors (Lipinski definition) is 2. The number of aliphatic hydroxyl groups excluding tert-OH is 1. The molecule has 2 heterocycles. The summed E-state index contributed by atoms with van der Waals surface area (Å²) in [6.07, 6.45) is 0.872. The lowest BCUT2D eigenvalue weighted by atomic mass is 10.0. The van der Waals surface area contributed by atoms with E-state index in [1.54, 1.807) is 31.2 Å². The first-order chi connectivity index (χ1) is 11.6. The number of benzene rings is 1. The van der Waals surface area contributed by atoms with E-state index in [1.165, 1.54) is 11.3 Å². The number of amides is 2. The van der Waals surface area contributed by atoms with Crippen molar-refractivity contribution in [2.75, 3.05) is 13.1 Å². The van der Waals surface area contributed by atoms with Gasteiger partial charge in [-0.3, -0.25) is 9.59 Å². The minimum absolute atomic E-state index is 0.144. The lowest BCUT2D eigenvalue weighted by Crippen LogP contribution is -2.55. The Morgan fingerprint density at radius 1 is 1.33 bits per heavy atom. The summed E-state index contributed by atoms with van der Waals surface area (Å²) in [6, 6.07) is 8.45. The normalized spacial score (nSPS) is 20.7. The van der Waals surface area contributed by atoms with Crippen LogP contribution in [0, 0.1) is 6.92 Å². The summed E-state index contributed by atoms with van der Waals surface area (Å²) in [7, 11) is 0. The zero-order valence-corrected chi connectivity index (χ0v) is 13.3. The van der Waals surface area contributed by atoms with Crippen LogP contribution in [-0.4, -0.2) is 52.0 Å². The van der Waals surface area contributed by atoms with Gasteiger partial charge in [0, 0.05) is 18.7 Å². The van der Waals surface area contributed by atoms with Crippen molar-refractivity contribution in [3.63, 3.8) is 0 Å². The molecule has 1 aromatic carbocycles. The van der Waals surface area contributed by atoms with Gasteiger partial charge in [0.2, 0.25) is 0 Å².